The number of hydrazone groups is 1. The molecular weight excluding hydrogens is 532 g/mol. The quantitative estimate of drug-likeness (QED) is 0.277. The van der Waals surface area contributed by atoms with Crippen molar-refractivity contribution in [3.05, 3.63) is 95.6 Å². The summed E-state index contributed by atoms with van der Waals surface area (Å²) in [5.74, 6) is 3.39. The van der Waals surface area contributed by atoms with Gasteiger partial charge in [-0.25, -0.2) is 5.01 Å². The van der Waals surface area contributed by atoms with Crippen LogP contribution in [0.4, 0.5) is 0 Å². The summed E-state index contributed by atoms with van der Waals surface area (Å²) < 4.78 is 28.3. The number of allylic oxidation sites excluding steroid dienone is 1. The van der Waals surface area contributed by atoms with Crippen LogP contribution in [-0.4, -0.2) is 36.8 Å². The van der Waals surface area contributed by atoms with E-state index in [2.05, 4.69) is 12.1 Å². The fraction of sp³-hybridized carbons (Fsp3) is 0.235. The molecule has 8 nitrogen and oxygen atoms in total. The lowest BCUT2D eigenvalue weighted by molar-refractivity contribution is -0.135. The standard InChI is InChI=1S/C34H28N2O6/c37-32(18-38-26-11-9-22-4-1-2-5-23(22)16-26)36-34(25-10-13-29-31(17-25)42-20-40-29)27-7-3-6-24(33(27)35-36)14-21-8-12-28-30(15-21)41-19-39-28/h1-2,4-5,8-17,27,34H,3,6-7,18-20H2/b24-14-. The Kier molecular flexibility index (Phi) is 5.98. The number of rotatable bonds is 5. The fourth-order valence-electron chi connectivity index (χ4n) is 6.31. The highest BCUT2D eigenvalue weighted by atomic mass is 16.7. The molecule has 0 N–H and O–H groups in total. The molecule has 0 spiro atoms. The maximum Gasteiger partial charge on any atom is 0.281 e. The van der Waals surface area contributed by atoms with E-state index in [1.807, 2.05) is 72.8 Å². The Labute approximate surface area is 242 Å². The van der Waals surface area contributed by atoms with Gasteiger partial charge in [0, 0.05) is 5.92 Å². The minimum Gasteiger partial charge on any atom is -0.484 e. The third-order valence-corrected chi connectivity index (χ3v) is 8.32. The zero-order chi connectivity index (χ0) is 28.0. The molecule has 0 bridgehead atoms. The predicted octanol–water partition coefficient (Wildman–Crippen LogP) is 6.50. The summed E-state index contributed by atoms with van der Waals surface area (Å²) >= 11 is 0. The van der Waals surface area contributed by atoms with Crippen molar-refractivity contribution >= 4 is 28.5 Å². The van der Waals surface area contributed by atoms with E-state index >= 15 is 0 Å². The number of benzene rings is 4. The molecule has 4 aromatic rings. The van der Waals surface area contributed by atoms with Crippen molar-refractivity contribution in [2.75, 3.05) is 20.2 Å². The van der Waals surface area contributed by atoms with Crippen molar-refractivity contribution in [3.63, 3.8) is 0 Å². The zero-order valence-corrected chi connectivity index (χ0v) is 22.8. The van der Waals surface area contributed by atoms with Crippen molar-refractivity contribution in [1.29, 1.82) is 0 Å². The number of nitrogens with zero attached hydrogens (tertiary/aromatic N) is 2. The summed E-state index contributed by atoms with van der Waals surface area (Å²) in [6.45, 7) is 0.309. The van der Waals surface area contributed by atoms with E-state index in [9.17, 15) is 4.79 Å². The van der Waals surface area contributed by atoms with Crippen LogP contribution in [0.15, 0.2) is 89.5 Å². The van der Waals surface area contributed by atoms with Crippen molar-refractivity contribution < 1.29 is 28.5 Å². The van der Waals surface area contributed by atoms with Crippen LogP contribution in [0.25, 0.3) is 16.8 Å². The molecule has 4 aliphatic rings. The van der Waals surface area contributed by atoms with Gasteiger partial charge in [-0.1, -0.05) is 42.5 Å². The van der Waals surface area contributed by atoms with Crippen LogP contribution in [0.3, 0.4) is 0 Å². The van der Waals surface area contributed by atoms with Crippen molar-refractivity contribution in [2.45, 2.75) is 25.3 Å². The van der Waals surface area contributed by atoms with E-state index in [0.717, 1.165) is 63.9 Å². The number of hydrogen-bond acceptors (Lipinski definition) is 7. The minimum atomic E-state index is -0.275. The van der Waals surface area contributed by atoms with Gasteiger partial charge in [0.1, 0.15) is 5.75 Å². The Balaban J connectivity index is 1.12. The molecule has 4 aromatic carbocycles. The summed E-state index contributed by atoms with van der Waals surface area (Å²) in [5, 5.41) is 8.80. The second-order valence-electron chi connectivity index (χ2n) is 10.9. The minimum absolute atomic E-state index is 0.0454. The largest absolute Gasteiger partial charge is 0.484 e. The number of ether oxygens (including phenoxy) is 5. The first-order chi connectivity index (χ1) is 20.7. The normalized spacial score (nSPS) is 21.0. The van der Waals surface area contributed by atoms with Gasteiger partial charge in [-0.05, 0) is 89.2 Å². The van der Waals surface area contributed by atoms with Gasteiger partial charge >= 0.3 is 0 Å². The molecule has 8 rings (SSSR count). The van der Waals surface area contributed by atoms with Crippen LogP contribution in [0.2, 0.25) is 0 Å². The highest BCUT2D eigenvalue weighted by molar-refractivity contribution is 6.08. The SMILES string of the molecule is O=C(COc1ccc2ccccc2c1)N1N=C2/C(=C\c3ccc4c(c3)OCO4)CCCC2C1c1ccc2c(c1)OCO2. The molecule has 0 aromatic heterocycles. The van der Waals surface area contributed by atoms with Crippen LogP contribution in [-0.2, 0) is 4.79 Å². The molecule has 0 radical (unpaired) electrons. The molecule has 3 aliphatic heterocycles. The predicted molar refractivity (Wildman–Crippen MR) is 157 cm³/mol. The molecule has 2 atom stereocenters. The first-order valence-corrected chi connectivity index (χ1v) is 14.2. The van der Waals surface area contributed by atoms with Crippen LogP contribution in [0, 0.1) is 5.92 Å². The number of carbonyl (C=O) groups excluding carboxylic acids is 1. The average molecular weight is 561 g/mol. The van der Waals surface area contributed by atoms with Gasteiger partial charge in [0.25, 0.3) is 5.91 Å². The zero-order valence-electron chi connectivity index (χ0n) is 22.8. The topological polar surface area (TPSA) is 78.8 Å². The monoisotopic (exact) mass is 560 g/mol. The van der Waals surface area contributed by atoms with Gasteiger partial charge < -0.3 is 23.7 Å². The molecule has 3 heterocycles. The lowest BCUT2D eigenvalue weighted by Crippen LogP contribution is -2.34. The van der Waals surface area contributed by atoms with Gasteiger partial charge in [-0.2, -0.15) is 5.10 Å². The molecule has 1 saturated carbocycles. The second kappa shape index (κ2) is 10.1. The van der Waals surface area contributed by atoms with Gasteiger partial charge in [0.05, 0.1) is 11.8 Å². The Morgan fingerprint density at radius 1 is 0.857 bits per heavy atom. The molecule has 2 unspecified atom stereocenters. The Morgan fingerprint density at radius 2 is 1.62 bits per heavy atom. The summed E-state index contributed by atoms with van der Waals surface area (Å²) in [5.41, 5.74) is 4.05. The Bertz CT molecular complexity index is 1780. The van der Waals surface area contributed by atoms with E-state index in [4.69, 9.17) is 28.8 Å². The highest BCUT2D eigenvalue weighted by Crippen LogP contribution is 2.46. The summed E-state index contributed by atoms with van der Waals surface area (Å²) in [6, 6.07) is 25.5. The third-order valence-electron chi connectivity index (χ3n) is 8.32. The van der Waals surface area contributed by atoms with E-state index in [1.165, 1.54) is 0 Å². The first-order valence-electron chi connectivity index (χ1n) is 14.2. The number of fused-ring (bicyclic) bond motifs is 4. The molecule has 42 heavy (non-hydrogen) atoms. The number of amides is 1. The molecule has 8 heteroatoms. The number of carbonyl (C=O) groups is 1. The van der Waals surface area contributed by atoms with Crippen molar-refractivity contribution in [3.8, 4) is 28.7 Å². The van der Waals surface area contributed by atoms with Gasteiger partial charge in [0.2, 0.25) is 13.6 Å². The van der Waals surface area contributed by atoms with E-state index in [0.29, 0.717) is 17.2 Å². The van der Waals surface area contributed by atoms with E-state index < -0.39 is 0 Å². The first kappa shape index (κ1) is 24.8. The van der Waals surface area contributed by atoms with Crippen LogP contribution >= 0.6 is 0 Å². The lowest BCUT2D eigenvalue weighted by atomic mass is 9.77. The van der Waals surface area contributed by atoms with Crippen LogP contribution in [0.5, 0.6) is 28.7 Å². The molecule has 0 saturated heterocycles. The molecule has 1 amide bonds. The van der Waals surface area contributed by atoms with Gasteiger partial charge in [-0.3, -0.25) is 4.79 Å². The summed E-state index contributed by atoms with van der Waals surface area (Å²) in [4.78, 5) is 13.8. The van der Waals surface area contributed by atoms with Crippen molar-refractivity contribution in [1.82, 2.24) is 5.01 Å². The molecule has 210 valence electrons. The average Bonchev–Trinajstić information content (AvgIpc) is 3.78. The smallest absolute Gasteiger partial charge is 0.281 e. The highest BCUT2D eigenvalue weighted by Gasteiger charge is 2.44. The summed E-state index contributed by atoms with van der Waals surface area (Å²) in [7, 11) is 0. The number of hydrogen-bond donors (Lipinski definition) is 0. The lowest BCUT2D eigenvalue weighted by Gasteiger charge is -2.29. The molecule has 1 aliphatic carbocycles. The Hall–Kier alpha value is -4.98. The molecule has 1 fully saturated rings. The maximum absolute atomic E-state index is 13.8. The molecular formula is C34H28N2O6. The Morgan fingerprint density at radius 3 is 2.48 bits per heavy atom. The van der Waals surface area contributed by atoms with E-state index in [1.54, 1.807) is 5.01 Å². The van der Waals surface area contributed by atoms with Gasteiger partial charge in [-0.15, -0.1) is 0 Å². The fourth-order valence-corrected chi connectivity index (χ4v) is 6.31. The summed E-state index contributed by atoms with van der Waals surface area (Å²) in [6.07, 6.45) is 4.96. The van der Waals surface area contributed by atoms with E-state index in [-0.39, 0.29) is 38.1 Å². The maximum atomic E-state index is 13.8. The van der Waals surface area contributed by atoms with Crippen molar-refractivity contribution in [2.24, 2.45) is 11.0 Å². The second-order valence-corrected chi connectivity index (χ2v) is 10.9. The third kappa shape index (κ3) is 4.40. The van der Waals surface area contributed by atoms with Gasteiger partial charge in [0.15, 0.2) is 29.6 Å². The van der Waals surface area contributed by atoms with Crippen LogP contribution < -0.4 is 23.7 Å². The van der Waals surface area contributed by atoms with Crippen LogP contribution in [0.1, 0.15) is 36.4 Å².